The zero-order valence-corrected chi connectivity index (χ0v) is 16.9. The predicted molar refractivity (Wildman–Crippen MR) is 105 cm³/mol. The maximum atomic E-state index is 11.1. The molecule has 0 bridgehead atoms. The Morgan fingerprint density at radius 2 is 2.00 bits per heavy atom. The van der Waals surface area contributed by atoms with Crippen LogP contribution in [0.15, 0.2) is 22.8 Å². The van der Waals surface area contributed by atoms with Crippen molar-refractivity contribution in [1.82, 2.24) is 10.2 Å². The minimum absolute atomic E-state index is 0.00981. The number of aromatic amines is 1. The first-order valence-corrected chi connectivity index (χ1v) is 10.4. The summed E-state index contributed by atoms with van der Waals surface area (Å²) in [4.78, 5) is 11.1. The van der Waals surface area contributed by atoms with Gasteiger partial charge in [-0.2, -0.15) is 5.10 Å². The number of nitrogens with one attached hydrogen (secondary N) is 1. The molecular formula is C20H27BrN2O3. The second-order valence-corrected chi connectivity index (χ2v) is 7.92. The van der Waals surface area contributed by atoms with Crippen molar-refractivity contribution in [1.29, 1.82) is 0 Å². The van der Waals surface area contributed by atoms with Gasteiger partial charge in [-0.15, -0.1) is 0 Å². The average Bonchev–Trinajstić information content (AvgIpc) is 3.33. The Hall–Kier alpha value is -1.56. The lowest BCUT2D eigenvalue weighted by molar-refractivity contribution is -0.144. The zero-order valence-electron chi connectivity index (χ0n) is 15.3. The van der Waals surface area contributed by atoms with Crippen molar-refractivity contribution in [3.63, 3.8) is 0 Å². The van der Waals surface area contributed by atoms with Crippen LogP contribution in [0, 0.1) is 5.92 Å². The average molecular weight is 423 g/mol. The largest absolute Gasteiger partial charge is 0.489 e. The summed E-state index contributed by atoms with van der Waals surface area (Å²) in [5.74, 6) is 1.51. The quantitative estimate of drug-likeness (QED) is 0.656. The number of rotatable bonds is 5. The third-order valence-corrected chi connectivity index (χ3v) is 5.42. The normalized spacial score (nSPS) is 17.5. The topological polar surface area (TPSA) is 64.2 Å². The van der Waals surface area contributed by atoms with Gasteiger partial charge >= 0.3 is 5.97 Å². The van der Waals surface area contributed by atoms with Crippen LogP contribution in [-0.4, -0.2) is 28.9 Å². The van der Waals surface area contributed by atoms with Crippen LogP contribution in [0.3, 0.4) is 0 Å². The predicted octanol–water partition coefficient (Wildman–Crippen LogP) is 5.39. The van der Waals surface area contributed by atoms with Crippen molar-refractivity contribution in [2.45, 2.75) is 64.4 Å². The number of carbonyl (C=O) groups is 1. The lowest BCUT2D eigenvalue weighted by Gasteiger charge is -2.20. The fraction of sp³-hybridized carbons (Fsp3) is 0.600. The molecule has 0 amide bonds. The van der Waals surface area contributed by atoms with Gasteiger partial charge in [-0.05, 0) is 60.5 Å². The van der Waals surface area contributed by atoms with E-state index < -0.39 is 0 Å². The van der Waals surface area contributed by atoms with Gasteiger partial charge < -0.3 is 9.47 Å². The molecule has 0 radical (unpaired) electrons. The number of aromatic nitrogens is 2. The number of hydrogen-bond donors (Lipinski definition) is 1. The molecular weight excluding hydrogens is 396 g/mol. The van der Waals surface area contributed by atoms with Crippen molar-refractivity contribution in [3.8, 4) is 5.75 Å². The molecule has 0 spiro atoms. The highest BCUT2D eigenvalue weighted by Crippen LogP contribution is 2.34. The van der Waals surface area contributed by atoms with Crippen LogP contribution in [-0.2, 0) is 9.53 Å². The summed E-state index contributed by atoms with van der Waals surface area (Å²) in [6.45, 7) is 2.38. The third kappa shape index (κ3) is 5.73. The van der Waals surface area contributed by atoms with Crippen LogP contribution < -0.4 is 4.74 Å². The van der Waals surface area contributed by atoms with Crippen molar-refractivity contribution in [2.75, 3.05) is 6.61 Å². The summed E-state index contributed by atoms with van der Waals surface area (Å²) in [6.07, 6.45) is 11.6. The molecule has 2 aromatic rings. The van der Waals surface area contributed by atoms with E-state index in [1.807, 2.05) is 19.1 Å². The van der Waals surface area contributed by atoms with Crippen LogP contribution >= 0.6 is 15.9 Å². The minimum Gasteiger partial charge on any atom is -0.489 e. The Morgan fingerprint density at radius 3 is 2.69 bits per heavy atom. The molecule has 1 N–H and O–H groups in total. The number of fused-ring (bicyclic) bond motifs is 1. The Balaban J connectivity index is 0.000000153. The SMILES string of the molecule is Brc1cc2cn[nH]c2cc1OC1CC1.CCOC(=O)CC1CCCCC1. The first-order chi connectivity index (χ1) is 12.7. The van der Waals surface area contributed by atoms with Crippen LogP contribution in [0.5, 0.6) is 5.75 Å². The molecule has 2 fully saturated rings. The molecule has 0 atom stereocenters. The lowest BCUT2D eigenvalue weighted by Crippen LogP contribution is -2.14. The summed E-state index contributed by atoms with van der Waals surface area (Å²) < 4.78 is 11.6. The maximum Gasteiger partial charge on any atom is 0.306 e. The van der Waals surface area contributed by atoms with Gasteiger partial charge in [0.15, 0.2) is 0 Å². The van der Waals surface area contributed by atoms with Gasteiger partial charge in [0.05, 0.1) is 28.9 Å². The van der Waals surface area contributed by atoms with Gasteiger partial charge in [0, 0.05) is 17.9 Å². The number of carbonyl (C=O) groups excluding carboxylic acids is 1. The standard InChI is InChI=1S/C10H9BrN2O.C10H18O2/c11-8-3-6-5-12-13-9(6)4-10(8)14-7-1-2-7;1-2-12-10(11)8-9-6-4-3-5-7-9/h3-5,7H,1-2H2,(H,12,13);9H,2-8H2,1H3. The second kappa shape index (κ2) is 9.40. The van der Waals surface area contributed by atoms with E-state index in [1.165, 1.54) is 44.9 Å². The maximum absolute atomic E-state index is 11.1. The Kier molecular flexibility index (Phi) is 6.94. The molecule has 1 heterocycles. The number of ether oxygens (including phenoxy) is 2. The van der Waals surface area contributed by atoms with Gasteiger partial charge in [-0.1, -0.05) is 19.3 Å². The Bertz CT molecular complexity index is 721. The smallest absolute Gasteiger partial charge is 0.306 e. The number of nitrogens with zero attached hydrogens (tertiary/aromatic N) is 1. The molecule has 2 aliphatic rings. The Morgan fingerprint density at radius 1 is 1.23 bits per heavy atom. The molecule has 26 heavy (non-hydrogen) atoms. The fourth-order valence-electron chi connectivity index (χ4n) is 3.25. The molecule has 4 rings (SSSR count). The van der Waals surface area contributed by atoms with E-state index in [1.54, 1.807) is 6.20 Å². The van der Waals surface area contributed by atoms with Crippen molar-refractivity contribution in [3.05, 3.63) is 22.8 Å². The van der Waals surface area contributed by atoms with E-state index >= 15 is 0 Å². The first-order valence-electron chi connectivity index (χ1n) is 9.60. The number of H-pyrrole nitrogens is 1. The van der Waals surface area contributed by atoms with Crippen molar-refractivity contribution < 1.29 is 14.3 Å². The molecule has 1 aromatic heterocycles. The molecule has 0 saturated heterocycles. The number of hydrogen-bond acceptors (Lipinski definition) is 4. The second-order valence-electron chi connectivity index (χ2n) is 7.07. The number of benzene rings is 1. The minimum atomic E-state index is -0.00981. The zero-order chi connectivity index (χ0) is 18.4. The van der Waals surface area contributed by atoms with Gasteiger partial charge in [-0.3, -0.25) is 9.89 Å². The van der Waals surface area contributed by atoms with Gasteiger partial charge in [0.1, 0.15) is 5.75 Å². The molecule has 1 aromatic carbocycles. The highest BCUT2D eigenvalue weighted by molar-refractivity contribution is 9.10. The number of halogens is 1. The van der Waals surface area contributed by atoms with Gasteiger partial charge in [-0.25, -0.2) is 0 Å². The molecule has 142 valence electrons. The molecule has 5 nitrogen and oxygen atoms in total. The third-order valence-electron chi connectivity index (χ3n) is 4.80. The number of esters is 1. The summed E-state index contributed by atoms with van der Waals surface area (Å²) in [5, 5.41) is 8.00. The molecule has 0 aliphatic heterocycles. The van der Waals surface area contributed by atoms with E-state index in [9.17, 15) is 4.79 Å². The summed E-state index contributed by atoms with van der Waals surface area (Å²) in [6, 6.07) is 4.02. The summed E-state index contributed by atoms with van der Waals surface area (Å²) in [7, 11) is 0. The molecule has 2 aliphatic carbocycles. The lowest BCUT2D eigenvalue weighted by atomic mass is 9.87. The van der Waals surface area contributed by atoms with E-state index in [2.05, 4.69) is 26.1 Å². The van der Waals surface area contributed by atoms with Crippen molar-refractivity contribution in [2.24, 2.45) is 5.92 Å². The van der Waals surface area contributed by atoms with Crippen LogP contribution in [0.4, 0.5) is 0 Å². The van der Waals surface area contributed by atoms with E-state index in [0.717, 1.165) is 21.1 Å². The van der Waals surface area contributed by atoms with E-state index in [4.69, 9.17) is 9.47 Å². The van der Waals surface area contributed by atoms with Crippen LogP contribution in [0.2, 0.25) is 0 Å². The van der Waals surface area contributed by atoms with Gasteiger partial charge in [0.25, 0.3) is 0 Å². The summed E-state index contributed by atoms with van der Waals surface area (Å²) >= 11 is 3.49. The van der Waals surface area contributed by atoms with Crippen LogP contribution in [0.25, 0.3) is 10.9 Å². The van der Waals surface area contributed by atoms with Gasteiger partial charge in [0.2, 0.25) is 0 Å². The monoisotopic (exact) mass is 422 g/mol. The molecule has 0 unspecified atom stereocenters. The molecule has 2 saturated carbocycles. The van der Waals surface area contributed by atoms with E-state index in [-0.39, 0.29) is 5.97 Å². The van der Waals surface area contributed by atoms with E-state index in [0.29, 0.717) is 25.0 Å². The molecule has 6 heteroatoms. The summed E-state index contributed by atoms with van der Waals surface area (Å²) in [5.41, 5.74) is 1.02. The highest BCUT2D eigenvalue weighted by atomic mass is 79.9. The van der Waals surface area contributed by atoms with Crippen LogP contribution in [0.1, 0.15) is 58.3 Å². The first kappa shape index (κ1) is 19.2. The Labute approximate surface area is 163 Å². The van der Waals surface area contributed by atoms with Crippen molar-refractivity contribution >= 4 is 32.8 Å². The highest BCUT2D eigenvalue weighted by Gasteiger charge is 2.24. The fourth-order valence-corrected chi connectivity index (χ4v) is 3.70.